The number of carbonyl (C=O) groups is 1. The number of amides is 1. The number of hydrogen-bond donors (Lipinski definition) is 1. The molecular weight excluding hydrogens is 539 g/mol. The van der Waals surface area contributed by atoms with Crippen molar-refractivity contribution in [1.82, 2.24) is 5.32 Å². The molecule has 1 amide bonds. The molecule has 0 aliphatic carbocycles. The minimum atomic E-state index is -4.05. The lowest BCUT2D eigenvalue weighted by Gasteiger charge is -2.26. The van der Waals surface area contributed by atoms with Gasteiger partial charge in [0.05, 0.1) is 10.6 Å². The second-order valence-electron chi connectivity index (χ2n) is 9.09. The normalized spacial score (nSPS) is 11.2. The summed E-state index contributed by atoms with van der Waals surface area (Å²) in [6.07, 6.45) is 0. The number of benzene rings is 4. The molecule has 0 aliphatic rings. The zero-order valence-electron chi connectivity index (χ0n) is 21.5. The Labute approximate surface area is 233 Å². The molecule has 0 radical (unpaired) electrons. The summed E-state index contributed by atoms with van der Waals surface area (Å²) in [6, 6.07) is 24.6. The molecule has 0 fully saturated rings. The van der Waals surface area contributed by atoms with Gasteiger partial charge in [0.15, 0.2) is 0 Å². The van der Waals surface area contributed by atoms with Crippen molar-refractivity contribution in [2.75, 3.05) is 10.8 Å². The van der Waals surface area contributed by atoms with E-state index in [2.05, 4.69) is 5.32 Å². The number of halogens is 2. The molecule has 0 heterocycles. The van der Waals surface area contributed by atoms with Crippen LogP contribution in [-0.2, 0) is 28.0 Å². The monoisotopic (exact) mass is 566 g/mol. The van der Waals surface area contributed by atoms with Crippen LogP contribution in [0.5, 0.6) is 5.75 Å². The first-order valence-electron chi connectivity index (χ1n) is 12.2. The van der Waals surface area contributed by atoms with Crippen LogP contribution in [0.2, 0.25) is 5.02 Å². The number of hydrogen-bond acceptors (Lipinski definition) is 4. The number of nitrogens with one attached hydrogen (secondary N) is 1. The Bertz CT molecular complexity index is 1540. The Morgan fingerprint density at radius 3 is 2.21 bits per heavy atom. The molecule has 0 spiro atoms. The predicted molar refractivity (Wildman–Crippen MR) is 151 cm³/mol. The summed E-state index contributed by atoms with van der Waals surface area (Å²) in [5.41, 5.74) is 3.57. The molecule has 0 bridgehead atoms. The maximum Gasteiger partial charge on any atom is 0.264 e. The fraction of sp³-hybridized carbons (Fsp3) is 0.167. The van der Waals surface area contributed by atoms with Crippen molar-refractivity contribution in [1.29, 1.82) is 0 Å². The summed E-state index contributed by atoms with van der Waals surface area (Å²) >= 11 is 6.18. The number of anilines is 1. The van der Waals surface area contributed by atoms with Gasteiger partial charge in [0.2, 0.25) is 5.91 Å². The fourth-order valence-electron chi connectivity index (χ4n) is 3.83. The van der Waals surface area contributed by atoms with E-state index in [0.717, 1.165) is 21.0 Å². The van der Waals surface area contributed by atoms with Crippen LogP contribution in [0.1, 0.15) is 22.3 Å². The SMILES string of the molecule is Cc1ccc(S(=O)(=O)N(CC(=O)NCc2ccc(OCc3ccc(F)cc3)cc2)c2cc(Cl)ccc2C)cc1. The Morgan fingerprint density at radius 1 is 0.897 bits per heavy atom. The summed E-state index contributed by atoms with van der Waals surface area (Å²) in [5, 5.41) is 3.16. The molecule has 0 unspecified atom stereocenters. The molecule has 4 aromatic carbocycles. The average Bonchev–Trinajstić information content (AvgIpc) is 2.92. The average molecular weight is 567 g/mol. The van der Waals surface area contributed by atoms with Gasteiger partial charge < -0.3 is 10.1 Å². The first-order valence-corrected chi connectivity index (χ1v) is 14.0. The summed E-state index contributed by atoms with van der Waals surface area (Å²) in [7, 11) is -4.05. The van der Waals surface area contributed by atoms with Crippen LogP contribution in [-0.4, -0.2) is 20.9 Å². The predicted octanol–water partition coefficient (Wildman–Crippen LogP) is 6.19. The van der Waals surface area contributed by atoms with Gasteiger partial charge in [-0.15, -0.1) is 0 Å². The highest BCUT2D eigenvalue weighted by molar-refractivity contribution is 7.92. The molecule has 0 aromatic heterocycles. The largest absolute Gasteiger partial charge is 0.489 e. The van der Waals surface area contributed by atoms with Crippen molar-refractivity contribution >= 4 is 33.2 Å². The highest BCUT2D eigenvalue weighted by Crippen LogP contribution is 2.29. The zero-order valence-corrected chi connectivity index (χ0v) is 23.1. The Balaban J connectivity index is 1.43. The number of nitrogens with zero attached hydrogens (tertiary/aromatic N) is 1. The minimum absolute atomic E-state index is 0.0801. The third-order valence-corrected chi connectivity index (χ3v) is 8.08. The molecule has 6 nitrogen and oxygen atoms in total. The Morgan fingerprint density at radius 2 is 1.54 bits per heavy atom. The molecule has 202 valence electrons. The maximum atomic E-state index is 13.6. The van der Waals surface area contributed by atoms with Gasteiger partial charge in [-0.2, -0.15) is 0 Å². The van der Waals surface area contributed by atoms with Gasteiger partial charge >= 0.3 is 0 Å². The van der Waals surface area contributed by atoms with Crippen molar-refractivity contribution < 1.29 is 22.3 Å². The molecule has 0 atom stereocenters. The molecule has 0 saturated carbocycles. The van der Waals surface area contributed by atoms with Crippen LogP contribution in [0.3, 0.4) is 0 Å². The van der Waals surface area contributed by atoms with E-state index in [4.69, 9.17) is 16.3 Å². The standard InChI is InChI=1S/C30H28ClFN2O4S/c1-21-3-15-28(16-4-21)39(36,37)34(29-17-25(31)10-5-22(29)2)19-30(35)33-18-23-8-13-27(14-9-23)38-20-24-6-11-26(32)12-7-24/h3-17H,18-20H2,1-2H3,(H,33,35). The highest BCUT2D eigenvalue weighted by Gasteiger charge is 2.28. The number of aryl methyl sites for hydroxylation is 2. The molecule has 9 heteroatoms. The van der Waals surface area contributed by atoms with Crippen LogP contribution in [0.15, 0.2) is 95.9 Å². The van der Waals surface area contributed by atoms with Gasteiger partial charge in [0.25, 0.3) is 10.0 Å². The Kier molecular flexibility index (Phi) is 8.89. The highest BCUT2D eigenvalue weighted by atomic mass is 35.5. The van der Waals surface area contributed by atoms with Gasteiger partial charge in [0.1, 0.15) is 24.7 Å². The third-order valence-electron chi connectivity index (χ3n) is 6.07. The zero-order chi connectivity index (χ0) is 28.0. The number of sulfonamides is 1. The van der Waals surface area contributed by atoms with E-state index in [1.165, 1.54) is 24.3 Å². The number of ether oxygens (including phenoxy) is 1. The maximum absolute atomic E-state index is 13.6. The van der Waals surface area contributed by atoms with Gasteiger partial charge in [-0.25, -0.2) is 12.8 Å². The minimum Gasteiger partial charge on any atom is -0.489 e. The summed E-state index contributed by atoms with van der Waals surface area (Å²) < 4.78 is 47.1. The first kappa shape index (κ1) is 28.1. The third kappa shape index (κ3) is 7.37. The second-order valence-corrected chi connectivity index (χ2v) is 11.4. The van der Waals surface area contributed by atoms with E-state index >= 15 is 0 Å². The fourth-order valence-corrected chi connectivity index (χ4v) is 5.47. The Hall–Kier alpha value is -3.88. The van der Waals surface area contributed by atoms with Crippen molar-refractivity contribution in [3.8, 4) is 5.75 Å². The van der Waals surface area contributed by atoms with Gasteiger partial charge in [-0.1, -0.05) is 59.6 Å². The summed E-state index contributed by atoms with van der Waals surface area (Å²) in [4.78, 5) is 13.1. The number of rotatable bonds is 10. The van der Waals surface area contributed by atoms with E-state index in [0.29, 0.717) is 28.6 Å². The molecule has 0 aliphatic heterocycles. The van der Waals surface area contributed by atoms with Gasteiger partial charge in [0, 0.05) is 11.6 Å². The lowest BCUT2D eigenvalue weighted by Crippen LogP contribution is -2.41. The van der Waals surface area contributed by atoms with E-state index in [-0.39, 0.29) is 17.3 Å². The van der Waals surface area contributed by atoms with Gasteiger partial charge in [-0.3, -0.25) is 9.10 Å². The molecule has 1 N–H and O–H groups in total. The smallest absolute Gasteiger partial charge is 0.264 e. The lowest BCUT2D eigenvalue weighted by atomic mass is 10.2. The molecule has 4 aromatic rings. The van der Waals surface area contributed by atoms with Crippen molar-refractivity contribution in [2.24, 2.45) is 0 Å². The summed E-state index contributed by atoms with van der Waals surface area (Å²) in [6.45, 7) is 3.71. The molecular formula is C30H28ClFN2O4S. The van der Waals surface area contributed by atoms with Crippen molar-refractivity contribution in [3.63, 3.8) is 0 Å². The molecule has 4 rings (SSSR count). The van der Waals surface area contributed by atoms with Crippen molar-refractivity contribution in [2.45, 2.75) is 31.9 Å². The van der Waals surface area contributed by atoms with Crippen LogP contribution >= 0.6 is 11.6 Å². The van der Waals surface area contributed by atoms with E-state index in [9.17, 15) is 17.6 Å². The first-order chi connectivity index (χ1) is 18.6. The molecule has 39 heavy (non-hydrogen) atoms. The van der Waals surface area contributed by atoms with E-state index in [1.807, 2.05) is 19.1 Å². The number of carbonyl (C=O) groups excluding carboxylic acids is 1. The molecule has 0 saturated heterocycles. The van der Waals surface area contributed by atoms with Crippen LogP contribution in [0.4, 0.5) is 10.1 Å². The van der Waals surface area contributed by atoms with Crippen LogP contribution in [0.25, 0.3) is 0 Å². The summed E-state index contributed by atoms with van der Waals surface area (Å²) in [5.74, 6) is -0.147. The topological polar surface area (TPSA) is 75.7 Å². The quantitative estimate of drug-likeness (QED) is 0.248. The van der Waals surface area contributed by atoms with Crippen LogP contribution < -0.4 is 14.4 Å². The van der Waals surface area contributed by atoms with E-state index < -0.39 is 22.5 Å². The van der Waals surface area contributed by atoms with Crippen molar-refractivity contribution in [3.05, 3.63) is 124 Å². The lowest BCUT2D eigenvalue weighted by molar-refractivity contribution is -0.119. The van der Waals surface area contributed by atoms with E-state index in [1.54, 1.807) is 61.5 Å². The second kappa shape index (κ2) is 12.3. The van der Waals surface area contributed by atoms with Crippen LogP contribution in [0, 0.1) is 19.7 Å². The van der Waals surface area contributed by atoms with Gasteiger partial charge in [-0.05, 0) is 79.1 Å².